The number of aliphatic hydroxyl groups is 1. The standard InChI is InChI=1S/C13H21N3O2/c1-2-18-12-8-11(15-10-16-12)14-9-13(17)6-4-3-5-7-13/h8,10,17H,2-7,9H2,1H3,(H,14,15,16). The van der Waals surface area contributed by atoms with E-state index in [0.29, 0.717) is 24.8 Å². The molecule has 100 valence electrons. The van der Waals surface area contributed by atoms with E-state index in [4.69, 9.17) is 4.74 Å². The van der Waals surface area contributed by atoms with Crippen LogP contribution in [0, 0.1) is 0 Å². The smallest absolute Gasteiger partial charge is 0.218 e. The third kappa shape index (κ3) is 3.57. The molecule has 0 spiro atoms. The molecule has 0 atom stereocenters. The number of aromatic nitrogens is 2. The minimum absolute atomic E-state index is 0.537. The molecule has 0 aliphatic heterocycles. The Morgan fingerprint density at radius 1 is 1.33 bits per heavy atom. The lowest BCUT2D eigenvalue weighted by molar-refractivity contribution is 0.0166. The summed E-state index contributed by atoms with van der Waals surface area (Å²) < 4.78 is 5.31. The molecular formula is C13H21N3O2. The normalized spacial score (nSPS) is 18.3. The average molecular weight is 251 g/mol. The van der Waals surface area contributed by atoms with Gasteiger partial charge < -0.3 is 15.2 Å². The van der Waals surface area contributed by atoms with Gasteiger partial charge in [0.2, 0.25) is 5.88 Å². The molecule has 0 bridgehead atoms. The molecule has 5 nitrogen and oxygen atoms in total. The van der Waals surface area contributed by atoms with Gasteiger partial charge in [0, 0.05) is 12.6 Å². The maximum Gasteiger partial charge on any atom is 0.218 e. The van der Waals surface area contributed by atoms with Crippen molar-refractivity contribution < 1.29 is 9.84 Å². The maximum atomic E-state index is 10.4. The molecule has 0 radical (unpaired) electrons. The highest BCUT2D eigenvalue weighted by Crippen LogP contribution is 2.28. The van der Waals surface area contributed by atoms with Crippen molar-refractivity contribution in [1.82, 2.24) is 9.97 Å². The van der Waals surface area contributed by atoms with E-state index in [1.165, 1.54) is 12.7 Å². The lowest BCUT2D eigenvalue weighted by Gasteiger charge is -2.32. The first-order valence-corrected chi connectivity index (χ1v) is 6.63. The van der Waals surface area contributed by atoms with Crippen LogP contribution in [0.5, 0.6) is 5.88 Å². The number of nitrogens with one attached hydrogen (secondary N) is 1. The molecule has 0 aromatic carbocycles. The monoisotopic (exact) mass is 251 g/mol. The topological polar surface area (TPSA) is 67.3 Å². The quantitative estimate of drug-likeness (QED) is 0.837. The summed E-state index contributed by atoms with van der Waals surface area (Å²) in [5, 5.41) is 13.5. The molecule has 2 rings (SSSR count). The zero-order valence-electron chi connectivity index (χ0n) is 10.9. The third-order valence-corrected chi connectivity index (χ3v) is 3.32. The Morgan fingerprint density at radius 3 is 2.83 bits per heavy atom. The Bertz CT molecular complexity index is 378. The van der Waals surface area contributed by atoms with Crippen molar-refractivity contribution in [2.45, 2.75) is 44.6 Å². The Morgan fingerprint density at radius 2 is 2.11 bits per heavy atom. The number of anilines is 1. The first-order chi connectivity index (χ1) is 8.72. The summed E-state index contributed by atoms with van der Waals surface area (Å²) in [6, 6.07) is 1.76. The van der Waals surface area contributed by atoms with Gasteiger partial charge in [0.15, 0.2) is 0 Å². The summed E-state index contributed by atoms with van der Waals surface area (Å²) in [5.74, 6) is 1.26. The molecule has 0 amide bonds. The van der Waals surface area contributed by atoms with Crippen LogP contribution in [0.2, 0.25) is 0 Å². The fourth-order valence-corrected chi connectivity index (χ4v) is 2.30. The lowest BCUT2D eigenvalue weighted by atomic mass is 9.85. The van der Waals surface area contributed by atoms with Crippen molar-refractivity contribution in [1.29, 1.82) is 0 Å². The van der Waals surface area contributed by atoms with Crippen LogP contribution in [0.1, 0.15) is 39.0 Å². The predicted molar refractivity (Wildman–Crippen MR) is 69.7 cm³/mol. The first-order valence-electron chi connectivity index (χ1n) is 6.63. The van der Waals surface area contributed by atoms with Gasteiger partial charge in [-0.2, -0.15) is 0 Å². The van der Waals surface area contributed by atoms with Gasteiger partial charge in [-0.15, -0.1) is 0 Å². The number of ether oxygens (including phenoxy) is 1. The van der Waals surface area contributed by atoms with Crippen LogP contribution in [-0.4, -0.2) is 33.8 Å². The van der Waals surface area contributed by atoms with E-state index in [9.17, 15) is 5.11 Å². The highest BCUT2D eigenvalue weighted by molar-refractivity contribution is 5.37. The zero-order chi connectivity index (χ0) is 12.8. The molecule has 1 aliphatic carbocycles. The average Bonchev–Trinajstić information content (AvgIpc) is 2.38. The highest BCUT2D eigenvalue weighted by Gasteiger charge is 2.28. The minimum atomic E-state index is -0.588. The fraction of sp³-hybridized carbons (Fsp3) is 0.692. The van der Waals surface area contributed by atoms with Crippen molar-refractivity contribution >= 4 is 5.82 Å². The van der Waals surface area contributed by atoms with E-state index in [1.54, 1.807) is 6.07 Å². The van der Waals surface area contributed by atoms with E-state index in [-0.39, 0.29) is 0 Å². The van der Waals surface area contributed by atoms with Gasteiger partial charge in [-0.3, -0.25) is 0 Å². The molecule has 2 N–H and O–H groups in total. The molecule has 5 heteroatoms. The van der Waals surface area contributed by atoms with Crippen LogP contribution in [0.4, 0.5) is 5.82 Å². The van der Waals surface area contributed by atoms with Gasteiger partial charge in [-0.25, -0.2) is 9.97 Å². The Hall–Kier alpha value is -1.36. The second kappa shape index (κ2) is 6.00. The minimum Gasteiger partial charge on any atom is -0.478 e. The molecule has 1 saturated carbocycles. The van der Waals surface area contributed by atoms with E-state index < -0.39 is 5.60 Å². The van der Waals surface area contributed by atoms with E-state index >= 15 is 0 Å². The maximum absolute atomic E-state index is 10.4. The van der Waals surface area contributed by atoms with Crippen LogP contribution in [0.3, 0.4) is 0 Å². The summed E-state index contributed by atoms with van der Waals surface area (Å²) in [6.07, 6.45) is 6.63. The van der Waals surface area contributed by atoms with Gasteiger partial charge in [-0.1, -0.05) is 19.3 Å². The first kappa shape index (κ1) is 13.1. The molecule has 1 fully saturated rings. The van der Waals surface area contributed by atoms with Gasteiger partial charge >= 0.3 is 0 Å². The second-order valence-electron chi connectivity index (χ2n) is 4.81. The van der Waals surface area contributed by atoms with Crippen LogP contribution in [-0.2, 0) is 0 Å². The van der Waals surface area contributed by atoms with E-state index in [2.05, 4.69) is 15.3 Å². The summed E-state index contributed by atoms with van der Waals surface area (Å²) in [5.41, 5.74) is -0.588. The fourth-order valence-electron chi connectivity index (χ4n) is 2.30. The highest BCUT2D eigenvalue weighted by atomic mass is 16.5. The van der Waals surface area contributed by atoms with Crippen molar-refractivity contribution in [2.75, 3.05) is 18.5 Å². The van der Waals surface area contributed by atoms with Gasteiger partial charge in [-0.05, 0) is 19.8 Å². The van der Waals surface area contributed by atoms with Crippen molar-refractivity contribution in [3.8, 4) is 5.88 Å². The largest absolute Gasteiger partial charge is 0.478 e. The van der Waals surface area contributed by atoms with Crippen molar-refractivity contribution in [3.05, 3.63) is 12.4 Å². The second-order valence-corrected chi connectivity index (χ2v) is 4.81. The summed E-state index contributed by atoms with van der Waals surface area (Å²) in [7, 11) is 0. The molecule has 0 saturated heterocycles. The van der Waals surface area contributed by atoms with Gasteiger partial charge in [0.25, 0.3) is 0 Å². The van der Waals surface area contributed by atoms with Crippen LogP contribution in [0.15, 0.2) is 12.4 Å². The molecule has 1 aromatic heterocycles. The Labute approximate surface area is 108 Å². The number of hydrogen-bond donors (Lipinski definition) is 2. The molecular weight excluding hydrogens is 230 g/mol. The van der Waals surface area contributed by atoms with Crippen LogP contribution in [0.25, 0.3) is 0 Å². The lowest BCUT2D eigenvalue weighted by Crippen LogP contribution is -2.38. The predicted octanol–water partition coefficient (Wildman–Crippen LogP) is 1.98. The molecule has 1 aromatic rings. The van der Waals surface area contributed by atoms with Crippen LogP contribution >= 0.6 is 0 Å². The van der Waals surface area contributed by atoms with Gasteiger partial charge in [0.05, 0.1) is 12.2 Å². The van der Waals surface area contributed by atoms with Gasteiger partial charge in [0.1, 0.15) is 12.1 Å². The summed E-state index contributed by atoms with van der Waals surface area (Å²) in [6.45, 7) is 3.04. The van der Waals surface area contributed by atoms with E-state index in [1.807, 2.05) is 6.92 Å². The number of hydrogen-bond acceptors (Lipinski definition) is 5. The zero-order valence-corrected chi connectivity index (χ0v) is 10.9. The van der Waals surface area contributed by atoms with Crippen LogP contribution < -0.4 is 10.1 Å². The van der Waals surface area contributed by atoms with E-state index in [0.717, 1.165) is 25.7 Å². The summed E-state index contributed by atoms with van der Waals surface area (Å²) in [4.78, 5) is 8.13. The number of rotatable bonds is 5. The molecule has 1 heterocycles. The SMILES string of the molecule is CCOc1cc(NCC2(O)CCCCC2)ncn1. The third-order valence-electron chi connectivity index (χ3n) is 3.32. The Balaban J connectivity index is 1.90. The number of nitrogens with zero attached hydrogens (tertiary/aromatic N) is 2. The molecule has 18 heavy (non-hydrogen) atoms. The van der Waals surface area contributed by atoms with Crippen molar-refractivity contribution in [3.63, 3.8) is 0 Å². The summed E-state index contributed by atoms with van der Waals surface area (Å²) >= 11 is 0. The molecule has 1 aliphatic rings. The Kier molecular flexibility index (Phi) is 4.36. The molecule has 0 unspecified atom stereocenters. The van der Waals surface area contributed by atoms with Crippen molar-refractivity contribution in [2.24, 2.45) is 0 Å².